The van der Waals surface area contributed by atoms with Crippen molar-refractivity contribution in [3.05, 3.63) is 0 Å². The lowest BCUT2D eigenvalue weighted by Gasteiger charge is -1.25. The number of hydrogen-bond donors (Lipinski definition) is 1. The maximum atomic E-state index is 6.88. The Bertz CT molecular complexity index is 29.5. The Morgan fingerprint density at radius 1 is 1.75 bits per heavy atom. The molecule has 0 aromatic heterocycles. The molecule has 0 aromatic carbocycles. The monoisotopic (exact) mass is 54.0 g/mol. The fourth-order valence-electron chi connectivity index (χ4n) is 0. The zero-order valence-electron chi connectivity index (χ0n) is 1.97. The molecule has 0 rings (SSSR count). The van der Waals surface area contributed by atoms with Gasteiger partial charge in [-0.3, -0.25) is 0 Å². The number of hydrogen-bond acceptors (Lipinski definition) is 2. The summed E-state index contributed by atoms with van der Waals surface area (Å²) in [6.45, 7) is 0. The molecule has 3 heteroatoms. The van der Waals surface area contributed by atoms with Crippen LogP contribution in [0.25, 0.3) is 0 Å². The zero-order chi connectivity index (χ0) is 2.71. The summed E-state index contributed by atoms with van der Waals surface area (Å²) in [7, 11) is 0. The molecule has 0 saturated heterocycles. The van der Waals surface area contributed by atoms with E-state index >= 15 is 0 Å². The van der Waals surface area contributed by atoms with Crippen LogP contribution in [0.15, 0.2) is 0 Å². The molecule has 1 N–H and O–H groups in total. The Balaban J connectivity index is 0. The van der Waals surface area contributed by atoms with Crippen LogP contribution < -0.4 is 0 Å². The molecule has 0 atom stereocenters. The Morgan fingerprint density at radius 3 is 1.75 bits per heavy atom. The third-order valence-corrected chi connectivity index (χ3v) is 0. The minimum atomic E-state index is 0. The summed E-state index contributed by atoms with van der Waals surface area (Å²) < 4.78 is 0. The van der Waals surface area contributed by atoms with Crippen molar-refractivity contribution in [1.29, 1.82) is 5.26 Å². The van der Waals surface area contributed by atoms with E-state index in [-0.39, 0.29) is 8.41 Å². The van der Waals surface area contributed by atoms with Crippen LogP contribution >= 0.6 is 0 Å². The summed E-state index contributed by atoms with van der Waals surface area (Å²) in [6, 6.07) is 0. The van der Waals surface area contributed by atoms with Gasteiger partial charge in [0.2, 0.25) is 0 Å². The Labute approximate surface area is 26.2 Å². The molecule has 0 amide bonds. The minimum absolute atomic E-state index is 0. The first-order valence-corrected chi connectivity index (χ1v) is 0.447. The Hall–Kier alpha value is -0.645. The van der Waals surface area contributed by atoms with Crippen molar-refractivity contribution in [2.24, 2.45) is 0 Å². The van der Waals surface area contributed by atoms with Crippen molar-refractivity contribution < 1.29 is 5.11 Å². The summed E-state index contributed by atoms with van der Waals surface area (Å²) in [5, 5.41) is 13.8. The van der Waals surface area contributed by atoms with E-state index in [1.54, 1.807) is 0 Å². The number of nitrogens with zero attached hydrogens (tertiary/aromatic N) is 1. The normalized spacial score (nSPS) is 1.75. The maximum Gasteiger partial charge on any atom is 0.283 e. The van der Waals surface area contributed by atoms with Gasteiger partial charge < -0.3 is 5.11 Å². The fourth-order valence-corrected chi connectivity index (χ4v) is 0. The van der Waals surface area contributed by atoms with E-state index in [1.807, 2.05) is 0 Å². The van der Waals surface area contributed by atoms with Crippen molar-refractivity contribution >= 4 is 8.41 Å². The number of aliphatic hydroxyl groups is 1. The average molecular weight is 53.8 g/mol. The van der Waals surface area contributed by atoms with Crippen molar-refractivity contribution in [3.8, 4) is 6.26 Å². The van der Waals surface area contributed by atoms with E-state index in [9.17, 15) is 0 Å². The summed E-state index contributed by atoms with van der Waals surface area (Å²) in [5.74, 6) is 0. The lowest BCUT2D eigenvalue weighted by atomic mass is 10.8. The molecular formula is CHBNO. The van der Waals surface area contributed by atoms with E-state index in [2.05, 4.69) is 0 Å². The molecule has 0 fully saturated rings. The third kappa shape index (κ3) is 0.410. The van der Waals surface area contributed by atoms with Gasteiger partial charge in [-0.25, -0.2) is 0 Å². The molecule has 0 spiro atoms. The van der Waals surface area contributed by atoms with Crippen LogP contribution in [0, 0.1) is 11.5 Å². The highest BCUT2D eigenvalue weighted by molar-refractivity contribution is 5.75. The predicted octanol–water partition coefficient (Wildman–Crippen LogP) is -0.541. The third-order valence-electron chi connectivity index (χ3n) is 0. The van der Waals surface area contributed by atoms with Gasteiger partial charge in [0, 0.05) is 8.41 Å². The van der Waals surface area contributed by atoms with Gasteiger partial charge in [0.25, 0.3) is 6.26 Å². The molecular weight excluding hydrogens is 52.8 g/mol. The average Bonchev–Trinajstić information content (AvgIpc) is 0.918. The lowest BCUT2D eigenvalue weighted by molar-refractivity contribution is 0.503. The summed E-state index contributed by atoms with van der Waals surface area (Å²) in [5.41, 5.74) is 0. The number of rotatable bonds is 0. The smallest absolute Gasteiger partial charge is 0.283 e. The van der Waals surface area contributed by atoms with E-state index in [0.717, 1.165) is 6.26 Å². The van der Waals surface area contributed by atoms with Gasteiger partial charge in [-0.05, 0) is 0 Å². The first kappa shape index (κ1) is 10.1. The van der Waals surface area contributed by atoms with Crippen molar-refractivity contribution in [1.82, 2.24) is 0 Å². The second-order valence-electron chi connectivity index (χ2n) is 0.100. The second-order valence-corrected chi connectivity index (χ2v) is 0.100. The Kier molecular flexibility index (Phi) is 86.9. The van der Waals surface area contributed by atoms with E-state index in [1.165, 1.54) is 0 Å². The summed E-state index contributed by atoms with van der Waals surface area (Å²) in [6.07, 6.45) is 0.750. The van der Waals surface area contributed by atoms with Crippen LogP contribution in [0.3, 0.4) is 0 Å². The Morgan fingerprint density at radius 2 is 1.75 bits per heavy atom. The minimum Gasteiger partial charge on any atom is -0.443 e. The van der Waals surface area contributed by atoms with Crippen LogP contribution in [0.1, 0.15) is 0 Å². The van der Waals surface area contributed by atoms with Crippen LogP contribution in [0.2, 0.25) is 0 Å². The second kappa shape index (κ2) is 34.3. The van der Waals surface area contributed by atoms with Crippen molar-refractivity contribution in [3.63, 3.8) is 0 Å². The lowest BCUT2D eigenvalue weighted by Crippen LogP contribution is -1.27. The molecule has 2 nitrogen and oxygen atoms in total. The first-order valence-electron chi connectivity index (χ1n) is 0.447. The van der Waals surface area contributed by atoms with Gasteiger partial charge in [-0.2, -0.15) is 5.26 Å². The molecule has 0 saturated carbocycles. The molecule has 0 aromatic rings. The zero-order valence-corrected chi connectivity index (χ0v) is 1.97. The summed E-state index contributed by atoms with van der Waals surface area (Å²) >= 11 is 0. The van der Waals surface area contributed by atoms with Gasteiger partial charge in [0.1, 0.15) is 0 Å². The molecule has 0 bridgehead atoms. The van der Waals surface area contributed by atoms with E-state index in [4.69, 9.17) is 10.4 Å². The molecule has 0 heterocycles. The molecule has 4 heavy (non-hydrogen) atoms. The van der Waals surface area contributed by atoms with E-state index < -0.39 is 0 Å². The van der Waals surface area contributed by atoms with Gasteiger partial charge in [-0.15, -0.1) is 0 Å². The number of aliphatic hydroxyl groups excluding tert-OH is 1. The van der Waals surface area contributed by atoms with Gasteiger partial charge in [-0.1, -0.05) is 0 Å². The molecule has 19 valence electrons. The number of nitriles is 1. The van der Waals surface area contributed by atoms with Crippen molar-refractivity contribution in [2.45, 2.75) is 0 Å². The standard InChI is InChI=1S/CHNO.B/c2-1-3;/h3H;. The van der Waals surface area contributed by atoms with Crippen LogP contribution in [-0.2, 0) is 0 Å². The van der Waals surface area contributed by atoms with Gasteiger partial charge in [0.05, 0.1) is 0 Å². The molecule has 3 radical (unpaired) electrons. The summed E-state index contributed by atoms with van der Waals surface area (Å²) in [4.78, 5) is 0. The van der Waals surface area contributed by atoms with E-state index in [0.29, 0.717) is 0 Å². The van der Waals surface area contributed by atoms with Crippen LogP contribution in [0.5, 0.6) is 0 Å². The molecule has 0 aliphatic heterocycles. The van der Waals surface area contributed by atoms with Gasteiger partial charge >= 0.3 is 0 Å². The molecule has 0 unspecified atom stereocenters. The molecule has 0 aliphatic carbocycles. The highest BCUT2D eigenvalue weighted by atomic mass is 16.2. The molecule has 0 aliphatic rings. The largest absolute Gasteiger partial charge is 0.443 e. The highest BCUT2D eigenvalue weighted by Gasteiger charge is 1.16. The fraction of sp³-hybridized carbons (Fsp3) is 0. The first-order chi connectivity index (χ1) is 1.41. The van der Waals surface area contributed by atoms with Crippen LogP contribution in [-0.4, -0.2) is 13.5 Å². The predicted molar refractivity (Wildman–Crippen MR) is 13.3 cm³/mol. The van der Waals surface area contributed by atoms with Gasteiger partial charge in [0.15, 0.2) is 0 Å². The highest BCUT2D eigenvalue weighted by Crippen LogP contribution is 1.06. The maximum absolute atomic E-state index is 6.88. The SMILES string of the molecule is N#CO.[B]. The topological polar surface area (TPSA) is 44.0 Å². The van der Waals surface area contributed by atoms with Crippen LogP contribution in [0.4, 0.5) is 0 Å². The quantitative estimate of drug-likeness (QED) is 0.298. The van der Waals surface area contributed by atoms with Crippen molar-refractivity contribution in [2.75, 3.05) is 0 Å².